The van der Waals surface area contributed by atoms with Crippen LogP contribution >= 0.6 is 0 Å². The smallest absolute Gasteiger partial charge is 0.251 e. The topological polar surface area (TPSA) is 78.0 Å². The van der Waals surface area contributed by atoms with Crippen molar-refractivity contribution < 1.29 is 9.53 Å². The van der Waals surface area contributed by atoms with Crippen LogP contribution < -0.4 is 20.7 Å². The number of rotatable bonds is 9. The number of likely N-dealkylation sites (tertiary alicyclic amines) is 1. The summed E-state index contributed by atoms with van der Waals surface area (Å²) in [7, 11) is 3.35. The standard InChI is InChI=1S/C25H35N5O2/c1-26-25(28-15-14-27-24(31)22-10-12-23(32-2)13-11-22)29-18-20-6-8-21(9-7-20)19-30-16-4-3-5-17-30/h6-13H,3-5,14-19H2,1-2H3,(H,27,31)(H2,26,28,29). The highest BCUT2D eigenvalue weighted by atomic mass is 16.5. The van der Waals surface area contributed by atoms with Crippen LogP contribution in [0.15, 0.2) is 53.5 Å². The molecule has 1 aliphatic rings. The van der Waals surface area contributed by atoms with E-state index < -0.39 is 0 Å². The van der Waals surface area contributed by atoms with Crippen molar-refractivity contribution in [2.45, 2.75) is 32.4 Å². The summed E-state index contributed by atoms with van der Waals surface area (Å²) in [4.78, 5) is 19.0. The number of benzene rings is 2. The third-order valence-electron chi connectivity index (χ3n) is 5.62. The number of carbonyl (C=O) groups is 1. The van der Waals surface area contributed by atoms with E-state index in [2.05, 4.69) is 50.1 Å². The molecule has 3 rings (SSSR count). The molecule has 32 heavy (non-hydrogen) atoms. The van der Waals surface area contributed by atoms with E-state index in [4.69, 9.17) is 4.74 Å². The van der Waals surface area contributed by atoms with Gasteiger partial charge >= 0.3 is 0 Å². The van der Waals surface area contributed by atoms with Crippen LogP contribution in [0, 0.1) is 0 Å². The molecule has 0 radical (unpaired) electrons. The van der Waals surface area contributed by atoms with E-state index in [-0.39, 0.29) is 5.91 Å². The lowest BCUT2D eigenvalue weighted by Crippen LogP contribution is -2.41. The van der Waals surface area contributed by atoms with Crippen molar-refractivity contribution in [3.8, 4) is 5.75 Å². The van der Waals surface area contributed by atoms with Crippen molar-refractivity contribution in [1.29, 1.82) is 0 Å². The molecule has 0 atom stereocenters. The van der Waals surface area contributed by atoms with Crippen LogP contribution in [0.2, 0.25) is 0 Å². The molecule has 0 aliphatic carbocycles. The number of aliphatic imine (C=N–C) groups is 1. The molecular weight excluding hydrogens is 402 g/mol. The van der Waals surface area contributed by atoms with Gasteiger partial charge in [0.2, 0.25) is 0 Å². The fourth-order valence-electron chi connectivity index (χ4n) is 3.75. The Morgan fingerprint density at radius 2 is 1.56 bits per heavy atom. The maximum atomic E-state index is 12.2. The lowest BCUT2D eigenvalue weighted by molar-refractivity contribution is 0.0954. The number of amides is 1. The predicted octanol–water partition coefficient (Wildman–Crippen LogP) is 2.78. The van der Waals surface area contributed by atoms with E-state index in [1.807, 2.05) is 0 Å². The van der Waals surface area contributed by atoms with E-state index in [0.717, 1.165) is 12.3 Å². The highest BCUT2D eigenvalue weighted by Crippen LogP contribution is 2.14. The van der Waals surface area contributed by atoms with Crippen LogP contribution in [0.25, 0.3) is 0 Å². The Hall–Kier alpha value is -3.06. The first kappa shape index (κ1) is 23.6. The first-order valence-electron chi connectivity index (χ1n) is 11.3. The monoisotopic (exact) mass is 437 g/mol. The second-order valence-corrected chi connectivity index (χ2v) is 7.99. The molecule has 2 aromatic carbocycles. The summed E-state index contributed by atoms with van der Waals surface area (Å²) >= 11 is 0. The number of hydrogen-bond acceptors (Lipinski definition) is 4. The summed E-state index contributed by atoms with van der Waals surface area (Å²) in [5.41, 5.74) is 3.19. The van der Waals surface area contributed by atoms with Gasteiger partial charge in [0.05, 0.1) is 7.11 Å². The number of nitrogens with one attached hydrogen (secondary N) is 3. The number of ether oxygens (including phenoxy) is 1. The Bertz CT molecular complexity index is 859. The maximum Gasteiger partial charge on any atom is 0.251 e. The Morgan fingerprint density at radius 3 is 2.22 bits per heavy atom. The maximum absolute atomic E-state index is 12.2. The lowest BCUT2D eigenvalue weighted by Gasteiger charge is -2.26. The minimum absolute atomic E-state index is 0.109. The quantitative estimate of drug-likeness (QED) is 0.319. The van der Waals surface area contributed by atoms with Crippen molar-refractivity contribution in [3.63, 3.8) is 0 Å². The van der Waals surface area contributed by atoms with Gasteiger partial charge in [-0.1, -0.05) is 30.7 Å². The second kappa shape index (κ2) is 12.7. The van der Waals surface area contributed by atoms with E-state index in [1.165, 1.54) is 43.5 Å². The first-order chi connectivity index (χ1) is 15.7. The van der Waals surface area contributed by atoms with Crippen LogP contribution in [0.3, 0.4) is 0 Å². The average Bonchev–Trinajstić information content (AvgIpc) is 2.85. The molecule has 0 unspecified atom stereocenters. The zero-order chi connectivity index (χ0) is 22.6. The van der Waals surface area contributed by atoms with Crippen molar-refractivity contribution in [2.75, 3.05) is 40.3 Å². The highest BCUT2D eigenvalue weighted by Gasteiger charge is 2.10. The fraction of sp³-hybridized carbons (Fsp3) is 0.440. The molecular formula is C25H35N5O2. The van der Waals surface area contributed by atoms with Crippen molar-refractivity contribution in [3.05, 3.63) is 65.2 Å². The molecule has 7 heteroatoms. The predicted molar refractivity (Wildman–Crippen MR) is 129 cm³/mol. The third kappa shape index (κ3) is 7.57. The molecule has 1 amide bonds. The highest BCUT2D eigenvalue weighted by molar-refractivity contribution is 5.94. The number of piperidine rings is 1. The fourth-order valence-corrected chi connectivity index (χ4v) is 3.75. The van der Waals surface area contributed by atoms with Gasteiger partial charge in [-0.15, -0.1) is 0 Å². The van der Waals surface area contributed by atoms with Gasteiger partial charge in [-0.2, -0.15) is 0 Å². The van der Waals surface area contributed by atoms with Gasteiger partial charge < -0.3 is 20.7 Å². The molecule has 0 saturated carbocycles. The lowest BCUT2D eigenvalue weighted by atomic mass is 10.1. The molecule has 0 aromatic heterocycles. The van der Waals surface area contributed by atoms with Gasteiger partial charge in [-0.05, 0) is 61.3 Å². The Labute approximate surface area is 191 Å². The zero-order valence-electron chi connectivity index (χ0n) is 19.2. The van der Waals surface area contributed by atoms with Gasteiger partial charge in [0.15, 0.2) is 5.96 Å². The number of carbonyl (C=O) groups excluding carboxylic acids is 1. The Morgan fingerprint density at radius 1 is 0.906 bits per heavy atom. The van der Waals surface area contributed by atoms with Crippen molar-refractivity contribution in [1.82, 2.24) is 20.9 Å². The molecule has 1 heterocycles. The molecule has 0 bridgehead atoms. The van der Waals surface area contributed by atoms with Gasteiger partial charge in [-0.3, -0.25) is 14.7 Å². The zero-order valence-corrected chi connectivity index (χ0v) is 19.2. The summed E-state index contributed by atoms with van der Waals surface area (Å²) < 4.78 is 5.11. The van der Waals surface area contributed by atoms with Crippen LogP contribution in [0.4, 0.5) is 0 Å². The van der Waals surface area contributed by atoms with Gasteiger partial charge in [-0.25, -0.2) is 0 Å². The van der Waals surface area contributed by atoms with Crippen LogP contribution in [-0.4, -0.2) is 57.1 Å². The Balaban J connectivity index is 1.34. The van der Waals surface area contributed by atoms with Crippen LogP contribution in [-0.2, 0) is 13.1 Å². The first-order valence-corrected chi connectivity index (χ1v) is 11.3. The molecule has 1 aliphatic heterocycles. The summed E-state index contributed by atoms with van der Waals surface area (Å²) in [6, 6.07) is 15.8. The van der Waals surface area contributed by atoms with Crippen LogP contribution in [0.5, 0.6) is 5.75 Å². The van der Waals surface area contributed by atoms with Gasteiger partial charge in [0.1, 0.15) is 5.75 Å². The average molecular weight is 438 g/mol. The van der Waals surface area contributed by atoms with Crippen molar-refractivity contribution in [2.24, 2.45) is 4.99 Å². The van der Waals surface area contributed by atoms with E-state index >= 15 is 0 Å². The molecule has 172 valence electrons. The van der Waals surface area contributed by atoms with Crippen LogP contribution in [0.1, 0.15) is 40.7 Å². The number of hydrogen-bond donors (Lipinski definition) is 3. The van der Waals surface area contributed by atoms with Gasteiger partial charge in [0, 0.05) is 38.8 Å². The molecule has 2 aromatic rings. The molecule has 3 N–H and O–H groups in total. The summed E-state index contributed by atoms with van der Waals surface area (Å²) in [5, 5.41) is 9.45. The number of guanidine groups is 1. The molecule has 1 fully saturated rings. The summed E-state index contributed by atoms with van der Waals surface area (Å²) in [5.74, 6) is 1.33. The number of nitrogens with zero attached hydrogens (tertiary/aromatic N) is 2. The second-order valence-electron chi connectivity index (χ2n) is 7.99. The Kier molecular flexibility index (Phi) is 9.37. The largest absolute Gasteiger partial charge is 0.497 e. The normalized spacial score (nSPS) is 14.6. The SMILES string of the molecule is CN=C(NCCNC(=O)c1ccc(OC)cc1)NCc1ccc(CN2CCCCC2)cc1. The minimum Gasteiger partial charge on any atom is -0.497 e. The van der Waals surface area contributed by atoms with E-state index in [9.17, 15) is 4.79 Å². The molecule has 7 nitrogen and oxygen atoms in total. The minimum atomic E-state index is -0.109. The number of methoxy groups -OCH3 is 1. The molecule has 0 spiro atoms. The third-order valence-corrected chi connectivity index (χ3v) is 5.62. The van der Waals surface area contributed by atoms with Crippen molar-refractivity contribution >= 4 is 11.9 Å². The van der Waals surface area contributed by atoms with E-state index in [1.54, 1.807) is 38.4 Å². The summed E-state index contributed by atoms with van der Waals surface area (Å²) in [6.45, 7) is 5.24. The molecule has 1 saturated heterocycles. The van der Waals surface area contributed by atoms with Gasteiger partial charge in [0.25, 0.3) is 5.91 Å². The summed E-state index contributed by atoms with van der Waals surface area (Å²) in [6.07, 6.45) is 4.00. The van der Waals surface area contributed by atoms with E-state index in [0.29, 0.717) is 31.2 Å².